The molecule has 0 saturated carbocycles. The lowest BCUT2D eigenvalue weighted by molar-refractivity contribution is -0.171. The van der Waals surface area contributed by atoms with Crippen molar-refractivity contribution in [2.45, 2.75) is 38.5 Å². The summed E-state index contributed by atoms with van der Waals surface area (Å²) >= 11 is 0. The Bertz CT molecular complexity index is 1230. The molecule has 2 aromatic heterocycles. The standard InChI is InChI=1S/C25H27F3N6O3/c1-14(2)20(33-24(36)37-3)23(35)34-13-17(25(26,27)28)11-19(34)22-31-12-18(32-22)15-5-7-16(8-6-15)21-29-9-4-10-30-21/h4-10,12,14,17,19-20H,11,13H2,1-3H3,(H,31,32)(H,33,36)/t17?,19-,20-/m0/s1. The number of imidazole rings is 1. The molecule has 0 bridgehead atoms. The molecule has 4 rings (SSSR count). The van der Waals surface area contributed by atoms with Crippen LogP contribution in [0.2, 0.25) is 0 Å². The van der Waals surface area contributed by atoms with Crippen LogP contribution in [0, 0.1) is 11.8 Å². The highest BCUT2D eigenvalue weighted by molar-refractivity contribution is 5.86. The molecule has 2 N–H and O–H groups in total. The Labute approximate surface area is 211 Å². The number of H-pyrrole nitrogens is 1. The average Bonchev–Trinajstić information content (AvgIpc) is 3.55. The van der Waals surface area contributed by atoms with Gasteiger partial charge in [-0.05, 0) is 24.0 Å². The summed E-state index contributed by atoms with van der Waals surface area (Å²) in [7, 11) is 1.15. The number of nitrogens with one attached hydrogen (secondary N) is 2. The number of carbonyl (C=O) groups excluding carboxylic acids is 2. The maximum Gasteiger partial charge on any atom is 0.407 e. The maximum atomic E-state index is 13.7. The minimum absolute atomic E-state index is 0.242. The quantitative estimate of drug-likeness (QED) is 0.503. The van der Waals surface area contributed by atoms with Gasteiger partial charge >= 0.3 is 12.3 Å². The van der Waals surface area contributed by atoms with E-state index < -0.39 is 42.7 Å². The summed E-state index contributed by atoms with van der Waals surface area (Å²) in [6.45, 7) is 2.86. The lowest BCUT2D eigenvalue weighted by Crippen LogP contribution is -2.51. The number of aromatic amines is 1. The van der Waals surface area contributed by atoms with Gasteiger partial charge in [-0.2, -0.15) is 13.2 Å². The summed E-state index contributed by atoms with van der Waals surface area (Å²) in [5.41, 5.74) is 2.16. The molecule has 12 heteroatoms. The molecule has 1 aromatic carbocycles. The summed E-state index contributed by atoms with van der Waals surface area (Å²) in [5, 5.41) is 2.44. The lowest BCUT2D eigenvalue weighted by atomic mass is 10.0. The largest absolute Gasteiger partial charge is 0.453 e. The number of carbonyl (C=O) groups is 2. The van der Waals surface area contributed by atoms with E-state index in [2.05, 4.69) is 30.0 Å². The molecule has 37 heavy (non-hydrogen) atoms. The fraction of sp³-hybridized carbons (Fsp3) is 0.400. The van der Waals surface area contributed by atoms with Crippen molar-refractivity contribution in [3.05, 3.63) is 54.7 Å². The molecule has 1 saturated heterocycles. The normalized spacial score (nSPS) is 18.6. The molecule has 1 aliphatic rings. The molecule has 3 atom stereocenters. The van der Waals surface area contributed by atoms with Gasteiger partial charge in [0.1, 0.15) is 11.9 Å². The van der Waals surface area contributed by atoms with Gasteiger partial charge in [-0.3, -0.25) is 4.79 Å². The summed E-state index contributed by atoms with van der Waals surface area (Å²) in [4.78, 5) is 42.2. The Hall–Kier alpha value is -3.96. The third-order valence-electron chi connectivity index (χ3n) is 6.37. The van der Waals surface area contributed by atoms with Crippen LogP contribution in [-0.2, 0) is 9.53 Å². The number of alkyl halides is 3. The molecule has 3 aromatic rings. The van der Waals surface area contributed by atoms with Gasteiger partial charge in [0.15, 0.2) is 5.82 Å². The lowest BCUT2D eigenvalue weighted by Gasteiger charge is -2.30. The Morgan fingerprint density at radius 3 is 2.35 bits per heavy atom. The summed E-state index contributed by atoms with van der Waals surface area (Å²) in [6, 6.07) is 7.06. The molecule has 0 spiro atoms. The number of hydrogen-bond acceptors (Lipinski definition) is 6. The second-order valence-corrected chi connectivity index (χ2v) is 9.17. The summed E-state index contributed by atoms with van der Waals surface area (Å²) < 4.78 is 45.7. The number of likely N-dealkylation sites (tertiary alicyclic amines) is 1. The number of methoxy groups -OCH3 is 1. The first-order valence-electron chi connectivity index (χ1n) is 11.7. The van der Waals surface area contributed by atoms with Gasteiger partial charge in [-0.15, -0.1) is 0 Å². The van der Waals surface area contributed by atoms with E-state index in [0.717, 1.165) is 23.1 Å². The van der Waals surface area contributed by atoms with Gasteiger partial charge in [0, 0.05) is 24.5 Å². The molecule has 0 radical (unpaired) electrons. The number of amides is 2. The fourth-order valence-corrected chi connectivity index (χ4v) is 4.35. The van der Waals surface area contributed by atoms with Crippen LogP contribution in [0.3, 0.4) is 0 Å². The molecule has 0 aliphatic carbocycles. The van der Waals surface area contributed by atoms with Gasteiger partial charge in [0.2, 0.25) is 5.91 Å². The summed E-state index contributed by atoms with van der Waals surface area (Å²) in [5.74, 6) is -1.91. The third kappa shape index (κ3) is 5.73. The molecular weight excluding hydrogens is 489 g/mol. The second-order valence-electron chi connectivity index (χ2n) is 9.17. The fourth-order valence-electron chi connectivity index (χ4n) is 4.35. The van der Waals surface area contributed by atoms with E-state index >= 15 is 0 Å². The zero-order valence-corrected chi connectivity index (χ0v) is 20.5. The molecule has 1 fully saturated rings. The highest BCUT2D eigenvalue weighted by Gasteiger charge is 2.51. The number of aromatic nitrogens is 4. The maximum absolute atomic E-state index is 13.7. The van der Waals surface area contributed by atoms with Crippen molar-refractivity contribution in [3.63, 3.8) is 0 Å². The van der Waals surface area contributed by atoms with Crippen molar-refractivity contribution in [2.75, 3.05) is 13.7 Å². The van der Waals surface area contributed by atoms with Crippen LogP contribution in [0.4, 0.5) is 18.0 Å². The van der Waals surface area contributed by atoms with Crippen molar-refractivity contribution >= 4 is 12.0 Å². The second kappa shape index (κ2) is 10.6. The van der Waals surface area contributed by atoms with Crippen molar-refractivity contribution in [1.82, 2.24) is 30.2 Å². The first-order valence-corrected chi connectivity index (χ1v) is 11.7. The SMILES string of the molecule is COC(=O)N[C@H](C(=O)N1CC(C(F)(F)F)C[C@H]1c1ncc(-c2ccc(-c3ncccn3)cc2)[nH]1)C(C)C. The van der Waals surface area contributed by atoms with Gasteiger partial charge in [0.05, 0.1) is 31.0 Å². The van der Waals surface area contributed by atoms with Crippen molar-refractivity contribution in [1.29, 1.82) is 0 Å². The average molecular weight is 517 g/mol. The minimum Gasteiger partial charge on any atom is -0.453 e. The zero-order valence-electron chi connectivity index (χ0n) is 20.5. The van der Waals surface area contributed by atoms with Crippen molar-refractivity contribution in [3.8, 4) is 22.6 Å². The molecule has 1 unspecified atom stereocenters. The van der Waals surface area contributed by atoms with Gasteiger partial charge in [-0.1, -0.05) is 38.1 Å². The third-order valence-corrected chi connectivity index (χ3v) is 6.37. The van der Waals surface area contributed by atoms with Gasteiger partial charge in [0.25, 0.3) is 0 Å². The van der Waals surface area contributed by atoms with Gasteiger partial charge < -0.3 is 19.9 Å². The number of alkyl carbamates (subject to hydrolysis) is 1. The molecule has 1 aliphatic heterocycles. The van der Waals surface area contributed by atoms with Crippen LogP contribution in [0.1, 0.15) is 32.1 Å². The first-order chi connectivity index (χ1) is 17.6. The van der Waals surface area contributed by atoms with Gasteiger partial charge in [-0.25, -0.2) is 19.7 Å². The number of ether oxygens (including phenoxy) is 1. The number of rotatable bonds is 6. The van der Waals surface area contributed by atoms with Crippen LogP contribution < -0.4 is 5.32 Å². The van der Waals surface area contributed by atoms with E-state index in [4.69, 9.17) is 0 Å². The van der Waals surface area contributed by atoms with Crippen LogP contribution in [0.5, 0.6) is 0 Å². The number of nitrogens with zero attached hydrogens (tertiary/aromatic N) is 4. The zero-order chi connectivity index (χ0) is 26.7. The minimum atomic E-state index is -4.48. The Morgan fingerprint density at radius 1 is 1.11 bits per heavy atom. The molecular formula is C25H27F3N6O3. The topological polar surface area (TPSA) is 113 Å². The predicted molar refractivity (Wildman–Crippen MR) is 128 cm³/mol. The first kappa shape index (κ1) is 26.1. The van der Waals surface area contributed by atoms with Crippen LogP contribution >= 0.6 is 0 Å². The van der Waals surface area contributed by atoms with E-state index in [1.165, 1.54) is 6.20 Å². The van der Waals surface area contributed by atoms with E-state index in [1.54, 1.807) is 32.3 Å². The van der Waals surface area contributed by atoms with E-state index in [1.807, 2.05) is 24.3 Å². The van der Waals surface area contributed by atoms with Crippen LogP contribution in [-0.4, -0.2) is 62.7 Å². The van der Waals surface area contributed by atoms with E-state index in [9.17, 15) is 22.8 Å². The predicted octanol–water partition coefficient (Wildman–Crippen LogP) is 4.37. The van der Waals surface area contributed by atoms with Crippen molar-refractivity contribution in [2.24, 2.45) is 11.8 Å². The van der Waals surface area contributed by atoms with Crippen LogP contribution in [0.15, 0.2) is 48.9 Å². The molecule has 2 amide bonds. The number of halogens is 3. The van der Waals surface area contributed by atoms with Crippen LogP contribution in [0.25, 0.3) is 22.6 Å². The van der Waals surface area contributed by atoms with E-state index in [0.29, 0.717) is 11.5 Å². The molecule has 3 heterocycles. The Balaban J connectivity index is 1.60. The summed E-state index contributed by atoms with van der Waals surface area (Å²) in [6.07, 6.45) is -0.842. The monoisotopic (exact) mass is 516 g/mol. The smallest absolute Gasteiger partial charge is 0.407 e. The molecule has 196 valence electrons. The highest BCUT2D eigenvalue weighted by Crippen LogP contribution is 2.43. The molecule has 9 nitrogen and oxygen atoms in total. The van der Waals surface area contributed by atoms with Crippen molar-refractivity contribution < 1.29 is 27.5 Å². The highest BCUT2D eigenvalue weighted by atomic mass is 19.4. The number of hydrogen-bond donors (Lipinski definition) is 2. The Kier molecular flexibility index (Phi) is 7.46. The van der Waals surface area contributed by atoms with E-state index in [-0.39, 0.29) is 18.2 Å². The number of benzene rings is 1. The Morgan fingerprint density at radius 2 is 1.76 bits per heavy atom.